The number of hydrogen-bond acceptors (Lipinski definition) is 2. The molecule has 0 spiro atoms. The highest BCUT2D eigenvalue weighted by Gasteiger charge is 2.36. The second-order valence-corrected chi connectivity index (χ2v) is 6.00. The monoisotopic (exact) mass is 333 g/mol. The second kappa shape index (κ2) is 6.47. The van der Waals surface area contributed by atoms with E-state index in [0.29, 0.717) is 44.1 Å². The van der Waals surface area contributed by atoms with Crippen LogP contribution in [0.5, 0.6) is 0 Å². The van der Waals surface area contributed by atoms with Gasteiger partial charge in [-0.3, -0.25) is 4.79 Å². The van der Waals surface area contributed by atoms with Crippen LogP contribution >= 0.6 is 0 Å². The molecule has 7 heteroatoms. The van der Waals surface area contributed by atoms with E-state index in [2.05, 4.69) is 0 Å². The van der Waals surface area contributed by atoms with Crippen molar-refractivity contribution in [2.24, 2.45) is 5.41 Å². The van der Waals surface area contributed by atoms with Gasteiger partial charge in [0.25, 0.3) is 5.91 Å². The van der Waals surface area contributed by atoms with Crippen molar-refractivity contribution in [3.63, 3.8) is 0 Å². The SMILES string of the molecule is CCC1(CO)CCN(C(=O)c2cc(C(F)(F)F)ccc2F)CC1. The lowest BCUT2D eigenvalue weighted by Crippen LogP contribution is -2.44. The maximum absolute atomic E-state index is 13.8. The minimum atomic E-state index is -4.63. The molecule has 0 bridgehead atoms. The molecule has 1 heterocycles. The molecule has 0 aliphatic carbocycles. The number of aliphatic hydroxyl groups excluding tert-OH is 1. The summed E-state index contributed by atoms with van der Waals surface area (Å²) in [7, 11) is 0. The molecule has 0 saturated carbocycles. The lowest BCUT2D eigenvalue weighted by atomic mass is 9.77. The van der Waals surface area contributed by atoms with Gasteiger partial charge in [-0.2, -0.15) is 13.2 Å². The molecule has 1 aromatic rings. The van der Waals surface area contributed by atoms with E-state index >= 15 is 0 Å². The number of alkyl halides is 3. The number of piperidine rings is 1. The van der Waals surface area contributed by atoms with Crippen LogP contribution in [-0.2, 0) is 6.18 Å². The summed E-state index contributed by atoms with van der Waals surface area (Å²) in [6, 6.07) is 1.85. The van der Waals surface area contributed by atoms with E-state index < -0.39 is 29.0 Å². The summed E-state index contributed by atoms with van der Waals surface area (Å²) >= 11 is 0. The fourth-order valence-electron chi connectivity index (χ4n) is 2.84. The van der Waals surface area contributed by atoms with Crippen LogP contribution < -0.4 is 0 Å². The van der Waals surface area contributed by atoms with Crippen LogP contribution in [0, 0.1) is 11.2 Å². The van der Waals surface area contributed by atoms with Crippen LogP contribution in [0.4, 0.5) is 17.6 Å². The Morgan fingerprint density at radius 3 is 2.39 bits per heavy atom. The smallest absolute Gasteiger partial charge is 0.396 e. The molecule has 23 heavy (non-hydrogen) atoms. The topological polar surface area (TPSA) is 40.5 Å². The number of rotatable bonds is 3. The molecule has 0 aromatic heterocycles. The molecule has 1 aromatic carbocycles. The maximum Gasteiger partial charge on any atom is 0.416 e. The Morgan fingerprint density at radius 2 is 1.91 bits per heavy atom. The minimum Gasteiger partial charge on any atom is -0.396 e. The molecule has 3 nitrogen and oxygen atoms in total. The number of halogens is 4. The highest BCUT2D eigenvalue weighted by molar-refractivity contribution is 5.94. The van der Waals surface area contributed by atoms with Crippen LogP contribution in [0.2, 0.25) is 0 Å². The Morgan fingerprint density at radius 1 is 1.30 bits per heavy atom. The Balaban J connectivity index is 2.19. The van der Waals surface area contributed by atoms with Gasteiger partial charge in [-0.05, 0) is 42.9 Å². The fraction of sp³-hybridized carbons (Fsp3) is 0.562. The number of benzene rings is 1. The minimum absolute atomic E-state index is 0.00342. The number of nitrogens with zero attached hydrogens (tertiary/aromatic N) is 1. The predicted octanol–water partition coefficient (Wildman–Crippen LogP) is 3.47. The van der Waals surface area contributed by atoms with Gasteiger partial charge in [0.2, 0.25) is 0 Å². The van der Waals surface area contributed by atoms with E-state index in [0.717, 1.165) is 6.42 Å². The highest BCUT2D eigenvalue weighted by Crippen LogP contribution is 2.35. The van der Waals surface area contributed by atoms with Crippen molar-refractivity contribution in [3.8, 4) is 0 Å². The van der Waals surface area contributed by atoms with Gasteiger partial charge in [-0.1, -0.05) is 6.92 Å². The second-order valence-electron chi connectivity index (χ2n) is 6.00. The Bertz CT molecular complexity index is 572. The first-order chi connectivity index (χ1) is 10.7. The number of likely N-dealkylation sites (tertiary alicyclic amines) is 1. The van der Waals surface area contributed by atoms with Crippen molar-refractivity contribution in [1.82, 2.24) is 4.90 Å². The quantitative estimate of drug-likeness (QED) is 0.861. The molecular weight excluding hydrogens is 314 g/mol. The van der Waals surface area contributed by atoms with Gasteiger partial charge < -0.3 is 10.0 Å². The van der Waals surface area contributed by atoms with Crippen molar-refractivity contribution in [3.05, 3.63) is 35.1 Å². The van der Waals surface area contributed by atoms with E-state index in [-0.39, 0.29) is 12.0 Å². The van der Waals surface area contributed by atoms with Crippen molar-refractivity contribution in [2.45, 2.75) is 32.4 Å². The number of carbonyl (C=O) groups is 1. The third-order valence-corrected chi connectivity index (χ3v) is 4.72. The largest absolute Gasteiger partial charge is 0.416 e. The average Bonchev–Trinajstić information content (AvgIpc) is 2.53. The van der Waals surface area contributed by atoms with Crippen molar-refractivity contribution in [1.29, 1.82) is 0 Å². The van der Waals surface area contributed by atoms with Crippen LogP contribution in [0.3, 0.4) is 0 Å². The molecule has 1 fully saturated rings. The first-order valence-electron chi connectivity index (χ1n) is 7.49. The number of aliphatic hydroxyl groups is 1. The van der Waals surface area contributed by atoms with Gasteiger partial charge in [0.15, 0.2) is 0 Å². The molecule has 0 unspecified atom stereocenters. The van der Waals surface area contributed by atoms with Crippen LogP contribution in [0.15, 0.2) is 18.2 Å². The Hall–Kier alpha value is -1.63. The van der Waals surface area contributed by atoms with Gasteiger partial charge in [0.05, 0.1) is 11.1 Å². The van der Waals surface area contributed by atoms with Gasteiger partial charge in [0.1, 0.15) is 5.82 Å². The van der Waals surface area contributed by atoms with Gasteiger partial charge in [0, 0.05) is 19.7 Å². The van der Waals surface area contributed by atoms with Crippen molar-refractivity contribution >= 4 is 5.91 Å². The zero-order valence-corrected chi connectivity index (χ0v) is 12.8. The van der Waals surface area contributed by atoms with Gasteiger partial charge >= 0.3 is 6.18 Å². The lowest BCUT2D eigenvalue weighted by molar-refractivity contribution is -0.137. The molecular formula is C16H19F4NO2. The fourth-order valence-corrected chi connectivity index (χ4v) is 2.84. The Labute approximate surface area is 131 Å². The van der Waals surface area contributed by atoms with E-state index in [1.165, 1.54) is 4.90 Å². The predicted molar refractivity (Wildman–Crippen MR) is 76.3 cm³/mol. The van der Waals surface area contributed by atoms with Crippen LogP contribution in [0.25, 0.3) is 0 Å². The maximum atomic E-state index is 13.8. The summed E-state index contributed by atoms with van der Waals surface area (Å²) in [5.74, 6) is -1.70. The molecule has 1 aliphatic rings. The first kappa shape index (κ1) is 17.7. The molecule has 128 valence electrons. The van der Waals surface area contributed by atoms with Gasteiger partial charge in [-0.15, -0.1) is 0 Å². The molecule has 2 rings (SSSR count). The molecule has 1 N–H and O–H groups in total. The molecule has 1 saturated heterocycles. The highest BCUT2D eigenvalue weighted by atomic mass is 19.4. The van der Waals surface area contributed by atoms with Gasteiger partial charge in [-0.25, -0.2) is 4.39 Å². The summed E-state index contributed by atoms with van der Waals surface area (Å²) in [6.45, 7) is 2.54. The average molecular weight is 333 g/mol. The third-order valence-electron chi connectivity index (χ3n) is 4.72. The van der Waals surface area contributed by atoms with Crippen molar-refractivity contribution < 1.29 is 27.5 Å². The van der Waals surface area contributed by atoms with Crippen LogP contribution in [0.1, 0.15) is 42.1 Å². The number of amides is 1. The van der Waals surface area contributed by atoms with E-state index in [1.807, 2.05) is 6.92 Å². The van der Waals surface area contributed by atoms with Crippen molar-refractivity contribution in [2.75, 3.05) is 19.7 Å². The summed E-state index contributed by atoms with van der Waals surface area (Å²) in [5, 5.41) is 9.47. The van der Waals surface area contributed by atoms with E-state index in [1.54, 1.807) is 0 Å². The van der Waals surface area contributed by atoms with E-state index in [9.17, 15) is 27.5 Å². The zero-order chi connectivity index (χ0) is 17.3. The summed E-state index contributed by atoms with van der Waals surface area (Å²) in [4.78, 5) is 13.7. The van der Waals surface area contributed by atoms with E-state index in [4.69, 9.17) is 0 Å². The molecule has 0 radical (unpaired) electrons. The standard InChI is InChI=1S/C16H19F4NO2/c1-2-15(10-22)5-7-21(8-6-15)14(23)12-9-11(16(18,19)20)3-4-13(12)17/h3-4,9,22H,2,5-8,10H2,1H3. The molecule has 0 atom stereocenters. The molecule has 1 amide bonds. The normalized spacial score (nSPS) is 18.1. The third kappa shape index (κ3) is 3.65. The number of hydrogen-bond donors (Lipinski definition) is 1. The summed E-state index contributed by atoms with van der Waals surface area (Å²) in [5.41, 5.74) is -1.87. The Kier molecular flexibility index (Phi) is 4.98. The van der Waals surface area contributed by atoms with Crippen LogP contribution in [-0.4, -0.2) is 35.6 Å². The lowest BCUT2D eigenvalue weighted by Gasteiger charge is -2.40. The zero-order valence-electron chi connectivity index (χ0n) is 12.8. The molecule has 1 aliphatic heterocycles. The summed E-state index contributed by atoms with van der Waals surface area (Å²) < 4.78 is 52.0. The first-order valence-corrected chi connectivity index (χ1v) is 7.49. The number of carbonyl (C=O) groups excluding carboxylic acids is 1. The summed E-state index contributed by atoms with van der Waals surface area (Å²) in [6.07, 6.45) is -2.78.